The van der Waals surface area contributed by atoms with E-state index in [0.717, 1.165) is 12.0 Å². The molecule has 0 aromatic heterocycles. The van der Waals surface area contributed by atoms with Crippen LogP contribution >= 0.6 is 0 Å². The van der Waals surface area contributed by atoms with E-state index >= 15 is 0 Å². The number of phenolic OH excluding ortho intramolecular Hbond substituents is 1. The summed E-state index contributed by atoms with van der Waals surface area (Å²) in [6.45, 7) is 2.74. The van der Waals surface area contributed by atoms with Gasteiger partial charge in [0.2, 0.25) is 0 Å². The Morgan fingerprint density at radius 2 is 2.29 bits per heavy atom. The number of phenols is 1. The summed E-state index contributed by atoms with van der Waals surface area (Å²) >= 11 is 0. The van der Waals surface area contributed by atoms with E-state index in [-0.39, 0.29) is 11.2 Å². The van der Waals surface area contributed by atoms with Crippen molar-refractivity contribution in [3.63, 3.8) is 0 Å². The predicted octanol–water partition coefficient (Wildman–Crippen LogP) is 1.49. The van der Waals surface area contributed by atoms with Crippen LogP contribution in [0.5, 0.6) is 5.75 Å². The van der Waals surface area contributed by atoms with Crippen LogP contribution in [0.1, 0.15) is 25.3 Å². The number of aromatic hydroxyl groups is 1. The first-order chi connectivity index (χ1) is 8.01. The van der Waals surface area contributed by atoms with Gasteiger partial charge < -0.3 is 15.5 Å². The van der Waals surface area contributed by atoms with Crippen molar-refractivity contribution in [3.05, 3.63) is 29.8 Å². The van der Waals surface area contributed by atoms with Crippen molar-refractivity contribution < 1.29 is 15.0 Å². The van der Waals surface area contributed by atoms with Gasteiger partial charge in [0.25, 0.3) is 0 Å². The molecule has 0 saturated carbocycles. The normalized spacial score (nSPS) is 28.9. The lowest BCUT2D eigenvalue weighted by Crippen LogP contribution is -2.48. The van der Waals surface area contributed by atoms with Gasteiger partial charge in [0.15, 0.2) is 0 Å². The fourth-order valence-electron chi connectivity index (χ4n) is 2.47. The van der Waals surface area contributed by atoms with Crippen LogP contribution in [0, 0.1) is 0 Å². The van der Waals surface area contributed by atoms with Crippen LogP contribution in [0.15, 0.2) is 24.3 Å². The second-order valence-corrected chi connectivity index (χ2v) is 4.91. The summed E-state index contributed by atoms with van der Waals surface area (Å²) < 4.78 is 0. The molecule has 4 nitrogen and oxygen atoms in total. The monoisotopic (exact) mass is 235 g/mol. The lowest BCUT2D eigenvalue weighted by molar-refractivity contribution is -0.140. The molecule has 2 rings (SSSR count). The Bertz CT molecular complexity index is 432. The van der Waals surface area contributed by atoms with Crippen molar-refractivity contribution in [2.75, 3.05) is 6.54 Å². The van der Waals surface area contributed by atoms with Gasteiger partial charge in [-0.15, -0.1) is 0 Å². The molecule has 0 bridgehead atoms. The Morgan fingerprint density at radius 3 is 2.94 bits per heavy atom. The quantitative estimate of drug-likeness (QED) is 0.726. The molecule has 1 saturated heterocycles. The van der Waals surface area contributed by atoms with Crippen molar-refractivity contribution >= 4 is 5.97 Å². The molecule has 1 aromatic rings. The molecule has 1 aliphatic rings. The maximum absolute atomic E-state index is 11.0. The average molecular weight is 235 g/mol. The SMILES string of the molecule is C[C@]1(c2cccc(O)c2)CCN[C@H](C(=O)O)C1. The van der Waals surface area contributed by atoms with Crippen LogP contribution in [-0.4, -0.2) is 28.8 Å². The minimum Gasteiger partial charge on any atom is -0.508 e. The van der Waals surface area contributed by atoms with Crippen molar-refractivity contribution in [3.8, 4) is 5.75 Å². The van der Waals surface area contributed by atoms with Crippen molar-refractivity contribution in [2.24, 2.45) is 0 Å². The first-order valence-electron chi connectivity index (χ1n) is 5.77. The Morgan fingerprint density at radius 1 is 1.53 bits per heavy atom. The molecule has 0 amide bonds. The van der Waals surface area contributed by atoms with Gasteiger partial charge in [-0.2, -0.15) is 0 Å². The highest BCUT2D eigenvalue weighted by Crippen LogP contribution is 2.36. The Labute approximate surface area is 100 Å². The second-order valence-electron chi connectivity index (χ2n) is 4.91. The number of rotatable bonds is 2. The Balaban J connectivity index is 2.26. The summed E-state index contributed by atoms with van der Waals surface area (Å²) in [5.41, 5.74) is 0.817. The van der Waals surface area contributed by atoms with Gasteiger partial charge >= 0.3 is 5.97 Å². The molecular weight excluding hydrogens is 218 g/mol. The largest absolute Gasteiger partial charge is 0.508 e. The number of carbonyl (C=O) groups is 1. The van der Waals surface area contributed by atoms with Gasteiger partial charge in [0.05, 0.1) is 0 Å². The van der Waals surface area contributed by atoms with Crippen LogP contribution in [0.25, 0.3) is 0 Å². The molecule has 17 heavy (non-hydrogen) atoms. The molecule has 0 spiro atoms. The molecule has 1 fully saturated rings. The molecule has 1 aliphatic heterocycles. The second kappa shape index (κ2) is 4.37. The molecule has 0 unspecified atom stereocenters. The van der Waals surface area contributed by atoms with Crippen LogP contribution in [-0.2, 0) is 10.2 Å². The fraction of sp³-hybridized carbons (Fsp3) is 0.462. The van der Waals surface area contributed by atoms with Gasteiger partial charge in [-0.05, 0) is 42.5 Å². The number of carboxylic acid groups (broad SMARTS) is 1. The van der Waals surface area contributed by atoms with Gasteiger partial charge in [-0.1, -0.05) is 19.1 Å². The van der Waals surface area contributed by atoms with Crippen LogP contribution in [0.3, 0.4) is 0 Å². The summed E-state index contributed by atoms with van der Waals surface area (Å²) in [5, 5.41) is 21.6. The topological polar surface area (TPSA) is 69.6 Å². The average Bonchev–Trinajstić information content (AvgIpc) is 2.29. The summed E-state index contributed by atoms with van der Waals surface area (Å²) in [4.78, 5) is 11.0. The van der Waals surface area contributed by atoms with Gasteiger partial charge in [0, 0.05) is 0 Å². The molecule has 2 atom stereocenters. The van der Waals surface area contributed by atoms with Crippen LogP contribution in [0.2, 0.25) is 0 Å². The van der Waals surface area contributed by atoms with E-state index in [9.17, 15) is 9.90 Å². The summed E-state index contributed by atoms with van der Waals surface area (Å²) in [6, 6.07) is 6.60. The highest BCUT2D eigenvalue weighted by Gasteiger charge is 2.36. The Hall–Kier alpha value is -1.55. The summed E-state index contributed by atoms with van der Waals surface area (Å²) in [7, 11) is 0. The van der Waals surface area contributed by atoms with Crippen LogP contribution < -0.4 is 5.32 Å². The molecule has 0 radical (unpaired) electrons. The van der Waals surface area contributed by atoms with Crippen molar-refractivity contribution in [1.82, 2.24) is 5.32 Å². The zero-order chi connectivity index (χ0) is 12.5. The van der Waals surface area contributed by atoms with Gasteiger partial charge in [-0.25, -0.2) is 0 Å². The molecule has 1 aromatic carbocycles. The third-order valence-corrected chi connectivity index (χ3v) is 3.56. The van der Waals surface area contributed by atoms with E-state index in [1.165, 1.54) is 0 Å². The number of nitrogens with one attached hydrogen (secondary N) is 1. The zero-order valence-corrected chi connectivity index (χ0v) is 9.81. The number of hydrogen-bond acceptors (Lipinski definition) is 3. The molecule has 92 valence electrons. The van der Waals surface area contributed by atoms with E-state index in [0.29, 0.717) is 13.0 Å². The number of aliphatic carboxylic acids is 1. The van der Waals surface area contributed by atoms with E-state index in [1.54, 1.807) is 18.2 Å². The summed E-state index contributed by atoms with van der Waals surface area (Å²) in [6.07, 6.45) is 1.42. The maximum atomic E-state index is 11.0. The lowest BCUT2D eigenvalue weighted by atomic mass is 9.72. The lowest BCUT2D eigenvalue weighted by Gasteiger charge is -2.37. The van der Waals surface area contributed by atoms with E-state index in [1.807, 2.05) is 6.07 Å². The Kier molecular flexibility index (Phi) is 3.07. The number of hydrogen-bond donors (Lipinski definition) is 3. The maximum Gasteiger partial charge on any atom is 0.320 e. The smallest absolute Gasteiger partial charge is 0.320 e. The van der Waals surface area contributed by atoms with Crippen molar-refractivity contribution in [1.29, 1.82) is 0 Å². The third kappa shape index (κ3) is 2.42. The molecule has 3 N–H and O–H groups in total. The number of carboxylic acids is 1. The summed E-state index contributed by atoms with van der Waals surface area (Å²) in [5.74, 6) is -0.579. The standard InChI is InChI=1S/C13H17NO3/c1-13(9-3-2-4-10(15)7-9)5-6-14-11(8-13)12(16)17/h2-4,7,11,14-15H,5-6,8H2,1H3,(H,16,17)/t11-,13-/m0/s1. The van der Waals surface area contributed by atoms with Gasteiger partial charge in [-0.3, -0.25) is 4.79 Å². The van der Waals surface area contributed by atoms with Crippen LogP contribution in [0.4, 0.5) is 0 Å². The van der Waals surface area contributed by atoms with Gasteiger partial charge in [0.1, 0.15) is 11.8 Å². The van der Waals surface area contributed by atoms with E-state index in [4.69, 9.17) is 5.11 Å². The third-order valence-electron chi connectivity index (χ3n) is 3.56. The first-order valence-corrected chi connectivity index (χ1v) is 5.77. The number of benzene rings is 1. The predicted molar refractivity (Wildman–Crippen MR) is 64.1 cm³/mol. The minimum absolute atomic E-state index is 0.187. The van der Waals surface area contributed by atoms with E-state index < -0.39 is 12.0 Å². The first kappa shape index (κ1) is 11.9. The minimum atomic E-state index is -0.809. The molecule has 0 aliphatic carbocycles. The highest BCUT2D eigenvalue weighted by molar-refractivity contribution is 5.74. The fourth-order valence-corrected chi connectivity index (χ4v) is 2.47. The molecule has 1 heterocycles. The van der Waals surface area contributed by atoms with E-state index in [2.05, 4.69) is 12.2 Å². The highest BCUT2D eigenvalue weighted by atomic mass is 16.4. The van der Waals surface area contributed by atoms with Crippen molar-refractivity contribution in [2.45, 2.75) is 31.2 Å². The molecular formula is C13H17NO3. The molecule has 4 heteroatoms. The zero-order valence-electron chi connectivity index (χ0n) is 9.81. The number of piperidine rings is 1.